The molecule has 10 nitrogen and oxygen atoms in total. The molecule has 0 amide bonds. The Balaban J connectivity index is 0.000000260. The predicted octanol–water partition coefficient (Wildman–Crippen LogP) is 1.40. The SMILES string of the molecule is COC(=O)c1cc(O)c(O)c(O)c1.Cc1c(C(=O)O)cc(O)c(O)c1O. The third kappa shape index (κ3) is 4.17. The maximum Gasteiger partial charge on any atom is 0.338 e. The number of carboxylic acids is 1. The molecule has 7 N–H and O–H groups in total. The van der Waals surface area contributed by atoms with Crippen molar-refractivity contribution in [3.8, 4) is 34.5 Å². The molecule has 0 unspecified atom stereocenters. The van der Waals surface area contributed by atoms with E-state index in [2.05, 4.69) is 4.74 Å². The summed E-state index contributed by atoms with van der Waals surface area (Å²) in [5.74, 6) is -5.75. The van der Waals surface area contributed by atoms with Crippen molar-refractivity contribution >= 4 is 11.9 Å². The van der Waals surface area contributed by atoms with Gasteiger partial charge in [0.2, 0.25) is 5.75 Å². The molecule has 140 valence electrons. The van der Waals surface area contributed by atoms with Gasteiger partial charge in [0.05, 0.1) is 18.2 Å². The molecule has 0 spiro atoms. The van der Waals surface area contributed by atoms with E-state index < -0.39 is 46.4 Å². The van der Waals surface area contributed by atoms with E-state index in [4.69, 9.17) is 35.7 Å². The molecule has 0 saturated heterocycles. The van der Waals surface area contributed by atoms with Gasteiger partial charge in [0, 0.05) is 5.56 Å². The Morgan fingerprint density at radius 3 is 1.69 bits per heavy atom. The Morgan fingerprint density at radius 1 is 0.808 bits per heavy atom. The van der Waals surface area contributed by atoms with Gasteiger partial charge in [-0.25, -0.2) is 9.59 Å². The first-order valence-electron chi connectivity index (χ1n) is 6.82. The lowest BCUT2D eigenvalue weighted by molar-refractivity contribution is 0.0598. The standard InChI is InChI=1S/2C8H8O5/c1-13-8(12)4-2-5(9)7(11)6(10)3-4;1-3-4(8(12)13)2-5(9)7(11)6(3)10/h2-3,9-11H,1H3;2,9-11H,1H3,(H,12,13). The smallest absolute Gasteiger partial charge is 0.338 e. The van der Waals surface area contributed by atoms with Crippen LogP contribution >= 0.6 is 0 Å². The van der Waals surface area contributed by atoms with Gasteiger partial charge in [-0.1, -0.05) is 0 Å². The Labute approximate surface area is 146 Å². The number of carboxylic acid groups (broad SMARTS) is 1. The number of esters is 1. The van der Waals surface area contributed by atoms with Crippen LogP contribution in [-0.2, 0) is 4.74 Å². The van der Waals surface area contributed by atoms with Crippen LogP contribution in [0.15, 0.2) is 18.2 Å². The van der Waals surface area contributed by atoms with E-state index in [1.165, 1.54) is 14.0 Å². The summed E-state index contributed by atoms with van der Waals surface area (Å²) < 4.78 is 4.34. The average molecular weight is 368 g/mol. The molecule has 0 radical (unpaired) electrons. The van der Waals surface area contributed by atoms with Crippen molar-refractivity contribution in [2.75, 3.05) is 7.11 Å². The Bertz CT molecular complexity index is 834. The number of benzene rings is 2. The summed E-state index contributed by atoms with van der Waals surface area (Å²) >= 11 is 0. The number of phenols is 6. The van der Waals surface area contributed by atoms with E-state index >= 15 is 0 Å². The molecule has 26 heavy (non-hydrogen) atoms. The molecule has 0 aliphatic rings. The highest BCUT2D eigenvalue weighted by Gasteiger charge is 2.17. The van der Waals surface area contributed by atoms with E-state index in [1.54, 1.807) is 0 Å². The third-order valence-electron chi connectivity index (χ3n) is 3.23. The van der Waals surface area contributed by atoms with Gasteiger partial charge in [-0.3, -0.25) is 0 Å². The van der Waals surface area contributed by atoms with Crippen LogP contribution in [-0.4, -0.2) is 54.8 Å². The summed E-state index contributed by atoms with van der Waals surface area (Å²) in [6.07, 6.45) is 0. The highest BCUT2D eigenvalue weighted by atomic mass is 16.5. The zero-order valence-electron chi connectivity index (χ0n) is 13.6. The second kappa shape index (κ2) is 7.83. The molecule has 0 atom stereocenters. The number of ether oxygens (including phenoxy) is 1. The van der Waals surface area contributed by atoms with Crippen molar-refractivity contribution < 1.29 is 50.1 Å². The molecule has 2 rings (SSSR count). The molecule has 0 aliphatic carbocycles. The number of hydrogen-bond acceptors (Lipinski definition) is 9. The fourth-order valence-electron chi connectivity index (χ4n) is 1.80. The quantitative estimate of drug-likeness (QED) is 0.302. The fraction of sp³-hybridized carbons (Fsp3) is 0.125. The van der Waals surface area contributed by atoms with E-state index in [0.717, 1.165) is 18.2 Å². The maximum absolute atomic E-state index is 10.9. The van der Waals surface area contributed by atoms with Crippen LogP contribution < -0.4 is 0 Å². The highest BCUT2D eigenvalue weighted by molar-refractivity contribution is 5.91. The lowest BCUT2D eigenvalue weighted by atomic mass is 10.1. The highest BCUT2D eigenvalue weighted by Crippen LogP contribution is 2.39. The molecule has 0 aromatic heterocycles. The first-order valence-corrected chi connectivity index (χ1v) is 6.82. The van der Waals surface area contributed by atoms with Gasteiger partial charge >= 0.3 is 11.9 Å². The molecule has 2 aromatic rings. The average Bonchev–Trinajstić information content (AvgIpc) is 2.60. The van der Waals surface area contributed by atoms with Crippen LogP contribution in [0.2, 0.25) is 0 Å². The Hall–Kier alpha value is -3.82. The number of aromatic carboxylic acids is 1. The van der Waals surface area contributed by atoms with Crippen LogP contribution in [0.25, 0.3) is 0 Å². The largest absolute Gasteiger partial charge is 0.504 e. The van der Waals surface area contributed by atoms with Crippen molar-refractivity contribution in [3.63, 3.8) is 0 Å². The summed E-state index contributed by atoms with van der Waals surface area (Å²) in [6.45, 7) is 1.33. The maximum atomic E-state index is 10.9. The molecule has 0 aliphatic heterocycles. The minimum absolute atomic E-state index is 0.0165. The summed E-state index contributed by atoms with van der Waals surface area (Å²) in [5, 5.41) is 62.7. The van der Waals surface area contributed by atoms with Crippen LogP contribution in [0.4, 0.5) is 0 Å². The lowest BCUT2D eigenvalue weighted by Crippen LogP contribution is -2.00. The van der Waals surface area contributed by atoms with Gasteiger partial charge in [0.25, 0.3) is 0 Å². The van der Waals surface area contributed by atoms with Crippen molar-refractivity contribution in [1.29, 1.82) is 0 Å². The first-order chi connectivity index (χ1) is 12.0. The molecule has 0 fully saturated rings. The number of rotatable bonds is 2. The van der Waals surface area contributed by atoms with Crippen molar-refractivity contribution in [1.82, 2.24) is 0 Å². The third-order valence-corrected chi connectivity index (χ3v) is 3.23. The topological polar surface area (TPSA) is 185 Å². The van der Waals surface area contributed by atoms with Gasteiger partial charge < -0.3 is 40.5 Å². The van der Waals surface area contributed by atoms with Crippen LogP contribution in [0, 0.1) is 6.92 Å². The van der Waals surface area contributed by atoms with Gasteiger partial charge in [0.1, 0.15) is 0 Å². The molecule has 2 aromatic carbocycles. The first kappa shape index (κ1) is 20.2. The van der Waals surface area contributed by atoms with Crippen molar-refractivity contribution in [3.05, 3.63) is 34.9 Å². The summed E-state index contributed by atoms with van der Waals surface area (Å²) in [7, 11) is 1.17. The van der Waals surface area contributed by atoms with Crippen LogP contribution in [0.5, 0.6) is 34.5 Å². The summed E-state index contributed by atoms with van der Waals surface area (Å²) in [6, 6.07) is 2.88. The number of aromatic hydroxyl groups is 6. The lowest BCUT2D eigenvalue weighted by Gasteiger charge is -2.06. The minimum atomic E-state index is -1.27. The van der Waals surface area contributed by atoms with Crippen molar-refractivity contribution in [2.24, 2.45) is 0 Å². The summed E-state index contributed by atoms with van der Waals surface area (Å²) in [4.78, 5) is 21.4. The van der Waals surface area contributed by atoms with E-state index in [0.29, 0.717) is 0 Å². The normalized spacial score (nSPS) is 9.77. The van der Waals surface area contributed by atoms with E-state index in [-0.39, 0.29) is 16.7 Å². The predicted molar refractivity (Wildman–Crippen MR) is 85.9 cm³/mol. The van der Waals surface area contributed by atoms with Crippen LogP contribution in [0.1, 0.15) is 26.3 Å². The second-order valence-electron chi connectivity index (χ2n) is 4.93. The van der Waals surface area contributed by atoms with Crippen LogP contribution in [0.3, 0.4) is 0 Å². The molecule has 0 bridgehead atoms. The number of hydrogen-bond donors (Lipinski definition) is 7. The van der Waals surface area contributed by atoms with Gasteiger partial charge in [-0.15, -0.1) is 0 Å². The zero-order valence-corrected chi connectivity index (χ0v) is 13.6. The van der Waals surface area contributed by atoms with E-state index in [9.17, 15) is 9.59 Å². The van der Waals surface area contributed by atoms with Gasteiger partial charge in [-0.05, 0) is 25.1 Å². The molecular formula is C16H16O10. The van der Waals surface area contributed by atoms with Gasteiger partial charge in [0.15, 0.2) is 28.7 Å². The zero-order chi connectivity index (χ0) is 20.2. The molecule has 10 heteroatoms. The van der Waals surface area contributed by atoms with Crippen molar-refractivity contribution in [2.45, 2.75) is 6.92 Å². The van der Waals surface area contributed by atoms with E-state index in [1.807, 2.05) is 0 Å². The molecule has 0 saturated carbocycles. The Morgan fingerprint density at radius 2 is 1.27 bits per heavy atom. The number of carbonyl (C=O) groups is 2. The molecular weight excluding hydrogens is 352 g/mol. The fourth-order valence-corrected chi connectivity index (χ4v) is 1.80. The molecule has 0 heterocycles. The second-order valence-corrected chi connectivity index (χ2v) is 4.93. The number of methoxy groups -OCH3 is 1. The number of phenolic OH excluding ortho intramolecular Hbond substituents is 6. The summed E-state index contributed by atoms with van der Waals surface area (Å²) in [5.41, 5.74) is -0.258. The van der Waals surface area contributed by atoms with Gasteiger partial charge in [-0.2, -0.15) is 0 Å². The number of carbonyl (C=O) groups excluding carboxylic acids is 1. The Kier molecular flexibility index (Phi) is 6.09. The minimum Gasteiger partial charge on any atom is -0.504 e. The monoisotopic (exact) mass is 368 g/mol.